The minimum atomic E-state index is -0.627. The fourth-order valence-electron chi connectivity index (χ4n) is 4.46. The Balaban J connectivity index is 1.47. The number of fused-ring (bicyclic) bond motifs is 3. The molecule has 0 spiro atoms. The number of nitrogens with one attached hydrogen (secondary N) is 2. The molecule has 2 heterocycles. The summed E-state index contributed by atoms with van der Waals surface area (Å²) in [5.41, 5.74) is 6.74. The van der Waals surface area contributed by atoms with Gasteiger partial charge in [0.2, 0.25) is 5.91 Å². The molecule has 1 aliphatic rings. The molecular formula is C24H31N7O4S. The number of amides is 3. The van der Waals surface area contributed by atoms with Crippen molar-refractivity contribution in [2.24, 2.45) is 5.73 Å². The molecule has 2 aromatic heterocycles. The Morgan fingerprint density at radius 1 is 1.19 bits per heavy atom. The normalized spacial score (nSPS) is 18.2. The van der Waals surface area contributed by atoms with Crippen LogP contribution >= 0.6 is 11.8 Å². The second-order valence-electron chi connectivity index (χ2n) is 9.84. The van der Waals surface area contributed by atoms with Crippen molar-refractivity contribution < 1.29 is 19.1 Å². The van der Waals surface area contributed by atoms with Crippen LogP contribution in [-0.4, -0.2) is 62.1 Å². The summed E-state index contributed by atoms with van der Waals surface area (Å²) in [4.78, 5) is 45.3. The zero-order chi connectivity index (χ0) is 26.0. The van der Waals surface area contributed by atoms with Crippen LogP contribution in [0.25, 0.3) is 21.8 Å². The SMILES string of the molecule is CSc1ncc2ccc3c(C(N)=O)nn(C4CCC(NC(=O)CNC(=O)OC(C)(C)C)CC4)c3c2n1. The molecule has 4 rings (SSSR count). The number of carbonyl (C=O) groups excluding carboxylic acids is 3. The van der Waals surface area contributed by atoms with Crippen LogP contribution in [0.15, 0.2) is 23.5 Å². The lowest BCUT2D eigenvalue weighted by Crippen LogP contribution is -2.44. The highest BCUT2D eigenvalue weighted by atomic mass is 32.2. The third-order valence-electron chi connectivity index (χ3n) is 6.01. The Kier molecular flexibility index (Phi) is 7.34. The second-order valence-corrected chi connectivity index (χ2v) is 10.6. The van der Waals surface area contributed by atoms with Crippen LogP contribution in [0.3, 0.4) is 0 Å². The van der Waals surface area contributed by atoms with Gasteiger partial charge in [-0.3, -0.25) is 14.3 Å². The maximum atomic E-state index is 12.3. The van der Waals surface area contributed by atoms with Crippen molar-refractivity contribution in [3.8, 4) is 0 Å². The predicted molar refractivity (Wildman–Crippen MR) is 137 cm³/mol. The molecule has 0 aliphatic heterocycles. The number of alkyl carbamates (subject to hydrolysis) is 1. The zero-order valence-corrected chi connectivity index (χ0v) is 21.6. The summed E-state index contributed by atoms with van der Waals surface area (Å²) >= 11 is 1.44. The second kappa shape index (κ2) is 10.3. The van der Waals surface area contributed by atoms with E-state index >= 15 is 0 Å². The van der Waals surface area contributed by atoms with Gasteiger partial charge in [-0.2, -0.15) is 5.10 Å². The zero-order valence-electron chi connectivity index (χ0n) is 20.8. The molecule has 0 radical (unpaired) electrons. The third kappa shape index (κ3) is 5.69. The fraction of sp³-hybridized carbons (Fsp3) is 0.500. The average Bonchev–Trinajstić information content (AvgIpc) is 3.22. The van der Waals surface area contributed by atoms with Crippen molar-refractivity contribution in [2.75, 3.05) is 12.8 Å². The van der Waals surface area contributed by atoms with Crippen molar-refractivity contribution in [1.82, 2.24) is 30.4 Å². The van der Waals surface area contributed by atoms with E-state index in [0.717, 1.165) is 42.1 Å². The molecule has 192 valence electrons. The number of nitrogens with zero attached hydrogens (tertiary/aromatic N) is 4. The van der Waals surface area contributed by atoms with Crippen molar-refractivity contribution >= 4 is 51.5 Å². The quantitative estimate of drug-likeness (QED) is 0.336. The Morgan fingerprint density at radius 2 is 1.92 bits per heavy atom. The molecule has 36 heavy (non-hydrogen) atoms. The lowest BCUT2D eigenvalue weighted by molar-refractivity contribution is -0.121. The minimum Gasteiger partial charge on any atom is -0.444 e. The molecule has 0 saturated heterocycles. The minimum absolute atomic E-state index is 0.0196. The first-order chi connectivity index (χ1) is 17.1. The van der Waals surface area contributed by atoms with E-state index in [1.807, 2.05) is 23.1 Å². The number of hydrogen-bond donors (Lipinski definition) is 3. The largest absolute Gasteiger partial charge is 0.444 e. The highest BCUT2D eigenvalue weighted by molar-refractivity contribution is 7.98. The molecule has 1 fully saturated rings. The van der Waals surface area contributed by atoms with Gasteiger partial charge >= 0.3 is 6.09 Å². The van der Waals surface area contributed by atoms with Crippen LogP contribution in [0.2, 0.25) is 0 Å². The predicted octanol–water partition coefficient (Wildman–Crippen LogP) is 2.92. The molecule has 11 nitrogen and oxygen atoms in total. The van der Waals surface area contributed by atoms with Crippen LogP contribution in [-0.2, 0) is 9.53 Å². The monoisotopic (exact) mass is 513 g/mol. The number of primary amides is 1. The summed E-state index contributed by atoms with van der Waals surface area (Å²) in [7, 11) is 0. The fourth-order valence-corrected chi connectivity index (χ4v) is 4.80. The first kappa shape index (κ1) is 25.7. The molecule has 0 bridgehead atoms. The summed E-state index contributed by atoms with van der Waals surface area (Å²) in [6.07, 6.45) is 6.00. The lowest BCUT2D eigenvalue weighted by Gasteiger charge is -2.30. The maximum absolute atomic E-state index is 12.3. The summed E-state index contributed by atoms with van der Waals surface area (Å²) < 4.78 is 7.03. The summed E-state index contributed by atoms with van der Waals surface area (Å²) in [6.45, 7) is 5.14. The van der Waals surface area contributed by atoms with Gasteiger partial charge in [0.25, 0.3) is 5.91 Å². The number of thioether (sulfide) groups is 1. The van der Waals surface area contributed by atoms with E-state index in [4.69, 9.17) is 15.5 Å². The van der Waals surface area contributed by atoms with Crippen LogP contribution in [0.1, 0.15) is 63.0 Å². The molecule has 1 saturated carbocycles. The topological polar surface area (TPSA) is 154 Å². The number of benzene rings is 1. The Hall–Kier alpha value is -3.41. The highest BCUT2D eigenvalue weighted by Gasteiger charge is 2.28. The van der Waals surface area contributed by atoms with Crippen LogP contribution in [0.5, 0.6) is 0 Å². The lowest BCUT2D eigenvalue weighted by atomic mass is 9.91. The number of hydrogen-bond acceptors (Lipinski definition) is 8. The van der Waals surface area contributed by atoms with Crippen molar-refractivity contribution in [3.05, 3.63) is 24.0 Å². The van der Waals surface area contributed by atoms with Crippen molar-refractivity contribution in [1.29, 1.82) is 0 Å². The van der Waals surface area contributed by atoms with Gasteiger partial charge in [-0.15, -0.1) is 0 Å². The number of rotatable bonds is 6. The van der Waals surface area contributed by atoms with Gasteiger partial charge in [-0.1, -0.05) is 17.8 Å². The molecular weight excluding hydrogens is 482 g/mol. The van der Waals surface area contributed by atoms with E-state index in [2.05, 4.69) is 20.7 Å². The van der Waals surface area contributed by atoms with E-state index in [1.165, 1.54) is 11.8 Å². The first-order valence-electron chi connectivity index (χ1n) is 11.8. The summed E-state index contributed by atoms with van der Waals surface area (Å²) in [5, 5.41) is 12.2. The summed E-state index contributed by atoms with van der Waals surface area (Å²) in [5.74, 6) is -0.854. The van der Waals surface area contributed by atoms with E-state index in [1.54, 1.807) is 27.0 Å². The van der Waals surface area contributed by atoms with Crippen LogP contribution in [0, 0.1) is 0 Å². The molecule has 0 atom stereocenters. The van der Waals surface area contributed by atoms with Crippen LogP contribution in [0.4, 0.5) is 4.79 Å². The molecule has 4 N–H and O–H groups in total. The van der Waals surface area contributed by atoms with E-state index < -0.39 is 17.6 Å². The number of nitrogens with two attached hydrogens (primary N) is 1. The van der Waals surface area contributed by atoms with Gasteiger partial charge in [0, 0.05) is 23.0 Å². The van der Waals surface area contributed by atoms with Gasteiger partial charge in [0.1, 0.15) is 17.7 Å². The van der Waals surface area contributed by atoms with Crippen molar-refractivity contribution in [3.63, 3.8) is 0 Å². The molecule has 3 amide bonds. The first-order valence-corrected chi connectivity index (χ1v) is 13.1. The molecule has 3 aromatic rings. The van der Waals surface area contributed by atoms with Gasteiger partial charge in [0.15, 0.2) is 10.9 Å². The van der Waals surface area contributed by atoms with Gasteiger partial charge < -0.3 is 21.1 Å². The van der Waals surface area contributed by atoms with E-state index in [9.17, 15) is 14.4 Å². The van der Waals surface area contributed by atoms with E-state index in [-0.39, 0.29) is 30.2 Å². The summed E-state index contributed by atoms with van der Waals surface area (Å²) in [6, 6.07) is 3.71. The Labute approximate surface area is 212 Å². The molecule has 1 aromatic carbocycles. The van der Waals surface area contributed by atoms with Gasteiger partial charge in [-0.25, -0.2) is 14.8 Å². The molecule has 1 aliphatic carbocycles. The maximum Gasteiger partial charge on any atom is 0.408 e. The standard InChI is InChI=1S/C24H31N7O4S/c1-24(2,3)35-23(34)27-12-17(32)28-14-6-8-15(9-7-14)31-20-16(19(30-31)21(25)33)10-5-13-11-26-22(36-4)29-18(13)20/h5,10-11,14-15H,6-9,12H2,1-4H3,(H2,25,33)(H,27,34)(H,28,32). The third-order valence-corrected chi connectivity index (χ3v) is 6.57. The number of aromatic nitrogens is 4. The van der Waals surface area contributed by atoms with Crippen molar-refractivity contribution in [2.45, 2.75) is 69.3 Å². The molecule has 0 unspecified atom stereocenters. The smallest absolute Gasteiger partial charge is 0.408 e. The van der Waals surface area contributed by atoms with Gasteiger partial charge in [0.05, 0.1) is 11.6 Å². The van der Waals surface area contributed by atoms with Gasteiger partial charge in [-0.05, 0) is 58.8 Å². The number of ether oxygens (including phenoxy) is 1. The number of carbonyl (C=O) groups is 3. The van der Waals surface area contributed by atoms with Crippen LogP contribution < -0.4 is 16.4 Å². The Bertz CT molecular complexity index is 1310. The van der Waals surface area contributed by atoms with E-state index in [0.29, 0.717) is 10.5 Å². The highest BCUT2D eigenvalue weighted by Crippen LogP contribution is 2.35. The molecule has 12 heteroatoms. The Morgan fingerprint density at radius 3 is 2.56 bits per heavy atom. The average molecular weight is 514 g/mol.